The molecule has 2 aromatic heterocycles. The summed E-state index contributed by atoms with van der Waals surface area (Å²) in [6.45, 7) is 4.48. The Labute approximate surface area is 265 Å². The van der Waals surface area contributed by atoms with Crippen LogP contribution in [0.25, 0.3) is 0 Å². The second-order valence-corrected chi connectivity index (χ2v) is 11.5. The molecule has 1 saturated heterocycles. The third kappa shape index (κ3) is 6.99. The maximum Gasteiger partial charge on any atom is 0.332 e. The Morgan fingerprint density at radius 3 is 2.50 bits per heavy atom. The molecule has 0 radical (unpaired) electrons. The number of aromatic nitrogens is 3. The fourth-order valence-electron chi connectivity index (χ4n) is 5.85. The van der Waals surface area contributed by atoms with Crippen LogP contribution in [0, 0.1) is 11.6 Å². The van der Waals surface area contributed by atoms with Crippen molar-refractivity contribution in [3.05, 3.63) is 85.7 Å². The van der Waals surface area contributed by atoms with Gasteiger partial charge in [-0.1, -0.05) is 6.92 Å². The molecule has 3 aromatic rings. The standard InChI is InChI=1S/C33H38F2N6O5/c1-3-13-41-32(44)24-20-27(37-30(24)40(33(41)45)16-4-5-18-46-2)23-10-12-28(36-21-23)39(17-7-15-38-14-6-8-29(38)42)31(43)22-9-11-25(34)26(35)19-22/h9-12,19,21H,3-8,13-18,20H2,1-2H3. The zero-order valence-electron chi connectivity index (χ0n) is 26.1. The number of halogens is 2. The predicted octanol–water partition coefficient (Wildman–Crippen LogP) is 3.86. The molecule has 0 spiro atoms. The monoisotopic (exact) mass is 636 g/mol. The SMILES string of the molecule is CCCn1c(=O)c2c(n(CCCCOC)c1=O)N=C(c1ccc(N(CCCN3CCCC3=O)C(=O)c3ccc(F)c(F)c3)nc1)C2. The predicted molar refractivity (Wildman–Crippen MR) is 169 cm³/mol. The molecule has 2 aliphatic rings. The Hall–Kier alpha value is -4.52. The number of fused-ring (bicyclic) bond motifs is 1. The van der Waals surface area contributed by atoms with Crippen molar-refractivity contribution in [3.63, 3.8) is 0 Å². The van der Waals surface area contributed by atoms with Crippen molar-refractivity contribution in [2.45, 2.75) is 65.0 Å². The Morgan fingerprint density at radius 2 is 1.83 bits per heavy atom. The highest BCUT2D eigenvalue weighted by molar-refractivity contribution is 6.07. The van der Waals surface area contributed by atoms with Gasteiger partial charge in [0.15, 0.2) is 11.6 Å². The summed E-state index contributed by atoms with van der Waals surface area (Å²) in [5.74, 6) is -2.05. The molecule has 2 aliphatic heterocycles. The van der Waals surface area contributed by atoms with Crippen LogP contribution in [0.5, 0.6) is 0 Å². The van der Waals surface area contributed by atoms with Crippen molar-refractivity contribution in [3.8, 4) is 0 Å². The molecule has 0 bridgehead atoms. The molecule has 0 saturated carbocycles. The Morgan fingerprint density at radius 1 is 1.00 bits per heavy atom. The fraction of sp³-hybridized carbons (Fsp3) is 0.455. The van der Waals surface area contributed by atoms with Crippen LogP contribution >= 0.6 is 0 Å². The van der Waals surface area contributed by atoms with Crippen LogP contribution in [0.3, 0.4) is 0 Å². The molecule has 46 heavy (non-hydrogen) atoms. The number of carbonyl (C=O) groups is 2. The van der Waals surface area contributed by atoms with E-state index in [9.17, 15) is 28.0 Å². The van der Waals surface area contributed by atoms with Gasteiger partial charge >= 0.3 is 5.69 Å². The van der Waals surface area contributed by atoms with Crippen molar-refractivity contribution in [2.24, 2.45) is 4.99 Å². The van der Waals surface area contributed by atoms with Gasteiger partial charge in [-0.3, -0.25) is 28.4 Å². The van der Waals surface area contributed by atoms with Crippen LogP contribution in [0.15, 0.2) is 51.1 Å². The number of methoxy groups -OCH3 is 1. The number of amides is 2. The number of carbonyl (C=O) groups excluding carboxylic acids is 2. The van der Waals surface area contributed by atoms with Gasteiger partial charge in [0, 0.05) is 76.6 Å². The van der Waals surface area contributed by atoms with Gasteiger partial charge in [-0.15, -0.1) is 0 Å². The minimum atomic E-state index is -1.13. The maximum atomic E-state index is 14.0. The Bertz CT molecular complexity index is 1750. The highest BCUT2D eigenvalue weighted by Gasteiger charge is 2.27. The number of hydrogen-bond donors (Lipinski definition) is 0. The molecule has 1 fully saturated rings. The van der Waals surface area contributed by atoms with Crippen LogP contribution in [0.1, 0.15) is 66.9 Å². The molecular weight excluding hydrogens is 598 g/mol. The lowest BCUT2D eigenvalue weighted by molar-refractivity contribution is -0.127. The molecule has 244 valence electrons. The molecule has 4 heterocycles. The van der Waals surface area contributed by atoms with E-state index in [1.807, 2.05) is 6.92 Å². The van der Waals surface area contributed by atoms with E-state index in [0.717, 1.165) is 25.0 Å². The van der Waals surface area contributed by atoms with Crippen LogP contribution in [-0.4, -0.2) is 69.9 Å². The zero-order valence-corrected chi connectivity index (χ0v) is 26.1. The Kier molecular flexibility index (Phi) is 10.5. The number of unbranched alkanes of at least 4 members (excludes halogenated alkanes) is 1. The topological polar surface area (TPSA) is 119 Å². The first-order valence-corrected chi connectivity index (χ1v) is 15.7. The van der Waals surface area contributed by atoms with Crippen LogP contribution in [0.2, 0.25) is 0 Å². The average Bonchev–Trinajstić information content (AvgIpc) is 3.69. The summed E-state index contributed by atoms with van der Waals surface area (Å²) < 4.78 is 35.6. The van der Waals surface area contributed by atoms with E-state index >= 15 is 0 Å². The van der Waals surface area contributed by atoms with E-state index in [4.69, 9.17) is 9.73 Å². The van der Waals surface area contributed by atoms with Crippen LogP contribution in [-0.2, 0) is 29.0 Å². The third-order valence-corrected chi connectivity index (χ3v) is 8.25. The first-order valence-electron chi connectivity index (χ1n) is 15.7. The molecular formula is C33H38F2N6O5. The van der Waals surface area contributed by atoms with Gasteiger partial charge in [-0.2, -0.15) is 0 Å². The number of rotatable bonds is 14. The van der Waals surface area contributed by atoms with Crippen molar-refractivity contribution < 1.29 is 23.1 Å². The minimum absolute atomic E-state index is 0.0375. The molecule has 0 aliphatic carbocycles. The van der Waals surface area contributed by atoms with Gasteiger partial charge in [-0.25, -0.2) is 23.6 Å². The summed E-state index contributed by atoms with van der Waals surface area (Å²) in [4.78, 5) is 64.6. The molecule has 2 amide bonds. The number of benzene rings is 1. The highest BCUT2D eigenvalue weighted by Crippen LogP contribution is 2.27. The molecule has 11 nitrogen and oxygen atoms in total. The molecule has 5 rings (SSSR count). The largest absolute Gasteiger partial charge is 0.385 e. The normalized spacial score (nSPS) is 14.1. The summed E-state index contributed by atoms with van der Waals surface area (Å²) in [6, 6.07) is 6.34. The lowest BCUT2D eigenvalue weighted by atomic mass is 10.1. The molecule has 13 heteroatoms. The average molecular weight is 637 g/mol. The highest BCUT2D eigenvalue weighted by atomic mass is 19.2. The van der Waals surface area contributed by atoms with E-state index in [1.165, 1.54) is 15.5 Å². The molecule has 0 atom stereocenters. The first-order chi connectivity index (χ1) is 22.2. The number of anilines is 1. The summed E-state index contributed by atoms with van der Waals surface area (Å²) in [5, 5.41) is 0. The molecule has 0 unspecified atom stereocenters. The second kappa shape index (κ2) is 14.7. The summed E-state index contributed by atoms with van der Waals surface area (Å²) in [5.41, 5.74) is 0.857. The van der Waals surface area contributed by atoms with E-state index in [1.54, 1.807) is 34.9 Å². The van der Waals surface area contributed by atoms with Gasteiger partial charge in [0.25, 0.3) is 11.5 Å². The first kappa shape index (κ1) is 32.9. The van der Waals surface area contributed by atoms with Crippen molar-refractivity contribution in [2.75, 3.05) is 38.3 Å². The van der Waals surface area contributed by atoms with E-state index in [2.05, 4.69) is 4.98 Å². The minimum Gasteiger partial charge on any atom is -0.385 e. The third-order valence-electron chi connectivity index (χ3n) is 8.25. The van der Waals surface area contributed by atoms with Gasteiger partial charge < -0.3 is 9.64 Å². The summed E-state index contributed by atoms with van der Waals surface area (Å²) in [7, 11) is 1.62. The van der Waals surface area contributed by atoms with Gasteiger partial charge in [0.2, 0.25) is 5.91 Å². The number of ether oxygens (including phenoxy) is 1. The number of aliphatic imine (C=N–C) groups is 1. The number of pyridine rings is 1. The second-order valence-electron chi connectivity index (χ2n) is 11.5. The van der Waals surface area contributed by atoms with E-state index in [-0.39, 0.29) is 41.5 Å². The number of hydrogen-bond acceptors (Lipinski definition) is 7. The Balaban J connectivity index is 1.42. The zero-order chi connectivity index (χ0) is 32.8. The maximum absolute atomic E-state index is 14.0. The lowest BCUT2D eigenvalue weighted by Gasteiger charge is -2.24. The van der Waals surface area contributed by atoms with Crippen molar-refractivity contribution in [1.29, 1.82) is 0 Å². The van der Waals surface area contributed by atoms with Gasteiger partial charge in [-0.05, 0) is 62.4 Å². The number of likely N-dealkylation sites (tertiary alicyclic amines) is 1. The fourth-order valence-corrected chi connectivity index (χ4v) is 5.85. The number of nitrogens with zero attached hydrogens (tertiary/aromatic N) is 6. The molecule has 1 aromatic carbocycles. The van der Waals surface area contributed by atoms with E-state index in [0.29, 0.717) is 81.1 Å². The van der Waals surface area contributed by atoms with E-state index < -0.39 is 17.5 Å². The van der Waals surface area contributed by atoms with Crippen molar-refractivity contribution >= 4 is 29.2 Å². The summed E-state index contributed by atoms with van der Waals surface area (Å²) >= 11 is 0. The smallest absolute Gasteiger partial charge is 0.332 e. The van der Waals surface area contributed by atoms with Gasteiger partial charge in [0.05, 0.1) is 11.3 Å². The van der Waals surface area contributed by atoms with Gasteiger partial charge in [0.1, 0.15) is 11.6 Å². The lowest BCUT2D eigenvalue weighted by Crippen LogP contribution is -2.41. The van der Waals surface area contributed by atoms with Crippen LogP contribution in [0.4, 0.5) is 20.4 Å². The summed E-state index contributed by atoms with van der Waals surface area (Å²) in [6.07, 6.45) is 5.58. The van der Waals surface area contributed by atoms with Crippen LogP contribution < -0.4 is 16.1 Å². The molecule has 0 N–H and O–H groups in total. The van der Waals surface area contributed by atoms with Crippen molar-refractivity contribution in [1.82, 2.24) is 19.0 Å². The quantitative estimate of drug-likeness (QED) is 0.248.